The van der Waals surface area contributed by atoms with Gasteiger partial charge in [-0.2, -0.15) is 23.5 Å². The molecular formula is C38H48ClFN6O5SSi. The van der Waals surface area contributed by atoms with E-state index in [2.05, 4.69) is 34.4 Å². The lowest BCUT2D eigenvalue weighted by Crippen LogP contribution is -2.43. The maximum atomic E-state index is 14.6. The number of aromatic nitrogens is 4. The first-order valence-electron chi connectivity index (χ1n) is 18.7. The van der Waals surface area contributed by atoms with Crippen molar-refractivity contribution in [1.29, 1.82) is 0 Å². The normalized spacial score (nSPS) is 22.0. The molecule has 0 radical (unpaired) electrons. The second-order valence-electron chi connectivity index (χ2n) is 16.4. The first kappa shape index (κ1) is 36.7. The number of hydrogen-bond donors (Lipinski definition) is 0. The van der Waals surface area contributed by atoms with Crippen LogP contribution in [0.15, 0.2) is 41.4 Å². The molecule has 8 rings (SSSR count). The summed E-state index contributed by atoms with van der Waals surface area (Å²) < 4.78 is 61.8. The summed E-state index contributed by atoms with van der Waals surface area (Å²) >= 11 is 7.10. The first-order chi connectivity index (χ1) is 25.3. The maximum absolute atomic E-state index is 14.6. The minimum Gasteiger partial charge on any atom is -0.461 e. The molecule has 0 N–H and O–H groups in total. The molecule has 1 saturated carbocycles. The largest absolute Gasteiger partial charge is 0.461 e. The standard InChI is InChI=1S/C38H48ClFN6O5SSi/c1-25-6-10-28(11-7-25)52(47,48)51-36-29-12-15-44(22-32(29)42-37(43-36)50-23-38-13-5-14-45(38)21-27(40)19-38)35-30-20-41-46(24-49-16-17-53(2,3)4)33(30)18-31(39)34(35)26-8-9-26/h6-7,10-11,18,20,26-27H,5,8-9,12-17,19,21-24H2,1-4H3/t27-,38+/m1/s1. The molecule has 0 spiro atoms. The van der Waals surface area contributed by atoms with Gasteiger partial charge in [0.15, 0.2) is 0 Å². The SMILES string of the molecule is Cc1ccc(S(=O)(=O)Oc2nc(OC[C@@]34CCCN3C[C@H](F)C4)nc3c2CCN(c2c(C4CC4)c(Cl)cc4c2cnn4COCC[Si](C)(C)C)C3)cc1. The zero-order valence-electron chi connectivity index (χ0n) is 30.9. The summed E-state index contributed by atoms with van der Waals surface area (Å²) in [4.78, 5) is 13.9. The Morgan fingerprint density at radius 1 is 1.11 bits per heavy atom. The Kier molecular flexibility index (Phi) is 9.74. The van der Waals surface area contributed by atoms with Crippen molar-refractivity contribution in [2.24, 2.45) is 0 Å². The molecule has 284 valence electrons. The molecule has 5 heterocycles. The Labute approximate surface area is 316 Å². The van der Waals surface area contributed by atoms with E-state index in [-0.39, 0.29) is 23.4 Å². The van der Waals surface area contributed by atoms with E-state index in [0.717, 1.165) is 66.0 Å². The van der Waals surface area contributed by atoms with E-state index in [1.54, 1.807) is 12.1 Å². The van der Waals surface area contributed by atoms with E-state index in [0.29, 0.717) is 68.0 Å². The molecular weight excluding hydrogens is 735 g/mol. The van der Waals surface area contributed by atoms with Crippen LogP contribution in [0.2, 0.25) is 30.7 Å². The molecule has 53 heavy (non-hydrogen) atoms. The molecule has 2 aromatic heterocycles. The van der Waals surface area contributed by atoms with Gasteiger partial charge in [-0.3, -0.25) is 4.90 Å². The third-order valence-electron chi connectivity index (χ3n) is 11.2. The summed E-state index contributed by atoms with van der Waals surface area (Å²) in [5.41, 5.74) is 4.76. The van der Waals surface area contributed by atoms with E-state index in [9.17, 15) is 12.8 Å². The topological polar surface area (TPSA) is 112 Å². The van der Waals surface area contributed by atoms with Crippen molar-refractivity contribution in [2.75, 3.05) is 37.7 Å². The summed E-state index contributed by atoms with van der Waals surface area (Å²) in [6, 6.07) is 9.61. The molecule has 4 aromatic rings. The van der Waals surface area contributed by atoms with Crippen molar-refractivity contribution in [3.05, 3.63) is 63.9 Å². The highest BCUT2D eigenvalue weighted by Gasteiger charge is 2.49. The molecule has 15 heteroatoms. The quantitative estimate of drug-likeness (QED) is 0.0781. The highest BCUT2D eigenvalue weighted by molar-refractivity contribution is 7.87. The second-order valence-corrected chi connectivity index (χ2v) is 24.0. The number of nitrogens with zero attached hydrogens (tertiary/aromatic N) is 6. The van der Waals surface area contributed by atoms with Gasteiger partial charge >= 0.3 is 16.1 Å². The van der Waals surface area contributed by atoms with Crippen LogP contribution in [0.1, 0.15) is 60.4 Å². The monoisotopic (exact) mass is 782 g/mol. The van der Waals surface area contributed by atoms with E-state index in [1.807, 2.05) is 23.9 Å². The van der Waals surface area contributed by atoms with Gasteiger partial charge in [0.05, 0.1) is 35.2 Å². The molecule has 2 atom stereocenters. The number of aryl methyl sites for hydroxylation is 1. The Morgan fingerprint density at radius 2 is 1.91 bits per heavy atom. The number of ether oxygens (including phenoxy) is 2. The van der Waals surface area contributed by atoms with Gasteiger partial charge < -0.3 is 18.6 Å². The predicted octanol–water partition coefficient (Wildman–Crippen LogP) is 7.26. The zero-order chi connectivity index (χ0) is 37.1. The maximum Gasteiger partial charge on any atom is 0.340 e. The lowest BCUT2D eigenvalue weighted by Gasteiger charge is -2.33. The minimum atomic E-state index is -4.21. The Balaban J connectivity index is 1.13. The Morgan fingerprint density at radius 3 is 2.66 bits per heavy atom. The van der Waals surface area contributed by atoms with Crippen LogP contribution in [0.25, 0.3) is 10.9 Å². The molecule has 1 aliphatic carbocycles. The van der Waals surface area contributed by atoms with Gasteiger partial charge in [-0.15, -0.1) is 0 Å². The van der Waals surface area contributed by atoms with Gasteiger partial charge in [0.1, 0.15) is 24.4 Å². The van der Waals surface area contributed by atoms with Crippen LogP contribution in [0.5, 0.6) is 11.9 Å². The average molecular weight is 783 g/mol. The highest BCUT2D eigenvalue weighted by Crippen LogP contribution is 2.51. The van der Waals surface area contributed by atoms with Gasteiger partial charge in [0, 0.05) is 50.2 Å². The zero-order valence-corrected chi connectivity index (χ0v) is 33.5. The minimum absolute atomic E-state index is 0.0187. The van der Waals surface area contributed by atoms with Crippen molar-refractivity contribution in [2.45, 2.75) is 107 Å². The second kappa shape index (κ2) is 14.1. The van der Waals surface area contributed by atoms with Crippen LogP contribution in [0.4, 0.5) is 10.1 Å². The lowest BCUT2D eigenvalue weighted by molar-refractivity contribution is 0.0817. The average Bonchev–Trinajstić information content (AvgIpc) is 3.64. The fourth-order valence-corrected chi connectivity index (χ4v) is 10.1. The fourth-order valence-electron chi connectivity index (χ4n) is 8.12. The molecule has 4 aliphatic rings. The number of anilines is 1. The summed E-state index contributed by atoms with van der Waals surface area (Å²) in [6.45, 7) is 12.2. The summed E-state index contributed by atoms with van der Waals surface area (Å²) in [5, 5.41) is 6.43. The third kappa shape index (κ3) is 7.54. The molecule has 0 bridgehead atoms. The van der Waals surface area contributed by atoms with Crippen molar-refractivity contribution in [3.8, 4) is 11.9 Å². The predicted molar refractivity (Wildman–Crippen MR) is 205 cm³/mol. The van der Waals surface area contributed by atoms with Gasteiger partial charge in [-0.25, -0.2) is 9.07 Å². The number of fused-ring (bicyclic) bond motifs is 3. The fraction of sp³-hybridized carbons (Fsp3) is 0.553. The molecule has 0 unspecified atom stereocenters. The van der Waals surface area contributed by atoms with E-state index < -0.39 is 29.9 Å². The van der Waals surface area contributed by atoms with E-state index in [4.69, 9.17) is 35.3 Å². The van der Waals surface area contributed by atoms with Crippen molar-refractivity contribution >= 4 is 46.4 Å². The van der Waals surface area contributed by atoms with Crippen LogP contribution in [0, 0.1) is 6.92 Å². The summed E-state index contributed by atoms with van der Waals surface area (Å²) in [5.74, 6) is 0.310. The van der Waals surface area contributed by atoms with Gasteiger partial charge in [-0.1, -0.05) is 48.9 Å². The molecule has 3 aliphatic heterocycles. The van der Waals surface area contributed by atoms with Crippen molar-refractivity contribution < 1.29 is 26.5 Å². The number of rotatable bonds is 13. The van der Waals surface area contributed by atoms with Crippen molar-refractivity contribution in [3.63, 3.8) is 0 Å². The Bertz CT molecular complexity index is 2130. The highest BCUT2D eigenvalue weighted by atomic mass is 35.5. The van der Waals surface area contributed by atoms with Crippen molar-refractivity contribution in [1.82, 2.24) is 24.6 Å². The van der Waals surface area contributed by atoms with Crippen LogP contribution in [-0.4, -0.2) is 85.7 Å². The molecule has 11 nitrogen and oxygen atoms in total. The summed E-state index contributed by atoms with van der Waals surface area (Å²) in [7, 11) is -5.45. The lowest BCUT2D eigenvalue weighted by atomic mass is 9.95. The third-order valence-corrected chi connectivity index (χ3v) is 14.4. The molecule has 3 fully saturated rings. The molecule has 2 saturated heterocycles. The smallest absolute Gasteiger partial charge is 0.340 e. The number of halogens is 2. The van der Waals surface area contributed by atoms with Crippen LogP contribution in [-0.2, 0) is 34.6 Å². The van der Waals surface area contributed by atoms with Gasteiger partial charge in [0.25, 0.3) is 0 Å². The Hall–Kier alpha value is -3.30. The molecule has 2 aromatic carbocycles. The number of hydrogen-bond acceptors (Lipinski definition) is 10. The van der Waals surface area contributed by atoms with Gasteiger partial charge in [0.2, 0.25) is 5.88 Å². The first-order valence-corrected chi connectivity index (χ1v) is 24.2. The number of benzene rings is 2. The van der Waals surface area contributed by atoms with Crippen LogP contribution < -0.4 is 13.8 Å². The van der Waals surface area contributed by atoms with Gasteiger partial charge in [-0.05, 0) is 81.3 Å². The van der Waals surface area contributed by atoms with Crippen LogP contribution >= 0.6 is 11.6 Å². The molecule has 0 amide bonds. The van der Waals surface area contributed by atoms with E-state index >= 15 is 0 Å². The van der Waals surface area contributed by atoms with E-state index in [1.165, 1.54) is 12.1 Å². The number of alkyl halides is 1. The van der Waals surface area contributed by atoms with Crippen LogP contribution in [0.3, 0.4) is 0 Å². The summed E-state index contributed by atoms with van der Waals surface area (Å²) in [6.07, 6.45) is 5.72.